The third-order valence-electron chi connectivity index (χ3n) is 2.34. The summed E-state index contributed by atoms with van der Waals surface area (Å²) in [6, 6.07) is 7.33. The maximum atomic E-state index is 11.1. The molecule has 5 heteroatoms. The minimum absolute atomic E-state index is 0.409. The molecule has 1 aromatic carbocycles. The standard InChI is InChI=1S/C12H13NO4/c1-15-9-5-3-8(4-6-9)13-10-7-11(14)17-12(10)16-2/h3-7,12-13H,1-2H3/t12-/m1/s1. The van der Waals surface area contributed by atoms with E-state index in [0.717, 1.165) is 11.4 Å². The molecule has 0 aromatic heterocycles. The fourth-order valence-electron chi connectivity index (χ4n) is 1.51. The summed E-state index contributed by atoms with van der Waals surface area (Å²) in [6.45, 7) is 0. The molecule has 1 heterocycles. The van der Waals surface area contributed by atoms with Crippen LogP contribution in [-0.2, 0) is 14.3 Å². The highest BCUT2D eigenvalue weighted by atomic mass is 16.7. The van der Waals surface area contributed by atoms with Crippen molar-refractivity contribution in [3.05, 3.63) is 36.0 Å². The van der Waals surface area contributed by atoms with Gasteiger partial charge in [-0.15, -0.1) is 0 Å². The minimum atomic E-state index is -0.662. The van der Waals surface area contributed by atoms with E-state index in [1.165, 1.54) is 13.2 Å². The number of nitrogens with one attached hydrogen (secondary N) is 1. The van der Waals surface area contributed by atoms with Crippen LogP contribution in [0.4, 0.5) is 5.69 Å². The third-order valence-corrected chi connectivity index (χ3v) is 2.34. The van der Waals surface area contributed by atoms with Gasteiger partial charge in [-0.1, -0.05) is 0 Å². The summed E-state index contributed by atoms with van der Waals surface area (Å²) in [7, 11) is 3.09. The molecule has 0 unspecified atom stereocenters. The lowest BCUT2D eigenvalue weighted by Gasteiger charge is -2.14. The molecule has 17 heavy (non-hydrogen) atoms. The average Bonchev–Trinajstić information content (AvgIpc) is 2.70. The fraction of sp³-hybridized carbons (Fsp3) is 0.250. The summed E-state index contributed by atoms with van der Waals surface area (Å²) in [5.41, 5.74) is 1.42. The number of carbonyl (C=O) groups is 1. The highest BCUT2D eigenvalue weighted by molar-refractivity contribution is 5.86. The first-order chi connectivity index (χ1) is 8.22. The van der Waals surface area contributed by atoms with E-state index in [2.05, 4.69) is 5.32 Å². The molecule has 0 bridgehead atoms. The van der Waals surface area contributed by atoms with Crippen molar-refractivity contribution in [3.63, 3.8) is 0 Å². The number of rotatable bonds is 4. The molecule has 1 atom stereocenters. The number of esters is 1. The molecule has 0 spiro atoms. The lowest BCUT2D eigenvalue weighted by atomic mass is 10.3. The SMILES string of the molecule is COc1ccc(NC2=CC(=O)O[C@H]2OC)cc1. The molecule has 0 fully saturated rings. The van der Waals surface area contributed by atoms with E-state index in [0.29, 0.717) is 5.70 Å². The van der Waals surface area contributed by atoms with E-state index >= 15 is 0 Å². The van der Waals surface area contributed by atoms with Gasteiger partial charge < -0.3 is 19.5 Å². The van der Waals surface area contributed by atoms with E-state index in [9.17, 15) is 4.79 Å². The number of carbonyl (C=O) groups excluding carboxylic acids is 1. The van der Waals surface area contributed by atoms with E-state index in [4.69, 9.17) is 14.2 Å². The maximum absolute atomic E-state index is 11.1. The van der Waals surface area contributed by atoms with Crippen molar-refractivity contribution in [2.24, 2.45) is 0 Å². The van der Waals surface area contributed by atoms with Crippen molar-refractivity contribution < 1.29 is 19.0 Å². The molecule has 1 aliphatic rings. The van der Waals surface area contributed by atoms with Crippen LogP contribution in [0.2, 0.25) is 0 Å². The van der Waals surface area contributed by atoms with E-state index in [1.807, 2.05) is 24.3 Å². The first-order valence-electron chi connectivity index (χ1n) is 5.09. The second-order valence-electron chi connectivity index (χ2n) is 3.46. The van der Waals surface area contributed by atoms with Crippen molar-refractivity contribution in [2.75, 3.05) is 19.5 Å². The summed E-state index contributed by atoms with van der Waals surface area (Å²) in [4.78, 5) is 11.1. The van der Waals surface area contributed by atoms with Gasteiger partial charge in [-0.3, -0.25) is 0 Å². The van der Waals surface area contributed by atoms with Gasteiger partial charge in [-0.05, 0) is 24.3 Å². The average molecular weight is 235 g/mol. The van der Waals surface area contributed by atoms with Crippen LogP contribution in [0.3, 0.4) is 0 Å². The Bertz CT molecular complexity index is 438. The monoisotopic (exact) mass is 235 g/mol. The first kappa shape index (κ1) is 11.5. The van der Waals surface area contributed by atoms with Crippen LogP contribution < -0.4 is 10.1 Å². The number of ether oxygens (including phenoxy) is 3. The summed E-state index contributed by atoms with van der Waals surface area (Å²) in [5, 5.41) is 3.06. The number of hydrogen-bond donors (Lipinski definition) is 1. The Labute approximate surface area is 99.0 Å². The molecule has 2 rings (SSSR count). The zero-order valence-electron chi connectivity index (χ0n) is 9.60. The Hall–Kier alpha value is -2.01. The molecular formula is C12H13NO4. The van der Waals surface area contributed by atoms with Crippen molar-refractivity contribution in [1.82, 2.24) is 0 Å². The Balaban J connectivity index is 2.09. The predicted octanol–water partition coefficient (Wildman–Crippen LogP) is 1.52. The quantitative estimate of drug-likeness (QED) is 0.802. The van der Waals surface area contributed by atoms with Gasteiger partial charge in [0.25, 0.3) is 0 Å². The fourth-order valence-corrected chi connectivity index (χ4v) is 1.51. The topological polar surface area (TPSA) is 56.8 Å². The van der Waals surface area contributed by atoms with Crippen molar-refractivity contribution in [1.29, 1.82) is 0 Å². The smallest absolute Gasteiger partial charge is 0.335 e. The van der Waals surface area contributed by atoms with E-state index in [1.54, 1.807) is 7.11 Å². The molecular weight excluding hydrogens is 222 g/mol. The summed E-state index contributed by atoms with van der Waals surface area (Å²) in [5.74, 6) is 0.361. The number of anilines is 1. The lowest BCUT2D eigenvalue weighted by Crippen LogP contribution is -2.18. The van der Waals surface area contributed by atoms with E-state index in [-0.39, 0.29) is 0 Å². The van der Waals surface area contributed by atoms with Gasteiger partial charge in [0, 0.05) is 18.9 Å². The van der Waals surface area contributed by atoms with Gasteiger partial charge in [0.2, 0.25) is 6.29 Å². The van der Waals surface area contributed by atoms with Crippen LogP contribution in [-0.4, -0.2) is 26.5 Å². The minimum Gasteiger partial charge on any atom is -0.497 e. The summed E-state index contributed by atoms with van der Waals surface area (Å²) >= 11 is 0. The van der Waals surface area contributed by atoms with Gasteiger partial charge in [0.15, 0.2) is 0 Å². The zero-order valence-corrected chi connectivity index (χ0v) is 9.60. The Morgan fingerprint density at radius 1 is 1.24 bits per heavy atom. The molecule has 1 aliphatic heterocycles. The molecule has 0 saturated heterocycles. The van der Waals surface area contributed by atoms with Crippen LogP contribution >= 0.6 is 0 Å². The second kappa shape index (κ2) is 4.88. The molecule has 90 valence electrons. The largest absolute Gasteiger partial charge is 0.497 e. The lowest BCUT2D eigenvalue weighted by molar-refractivity contribution is -0.155. The van der Waals surface area contributed by atoms with Crippen LogP contribution in [0.15, 0.2) is 36.0 Å². The highest BCUT2D eigenvalue weighted by Gasteiger charge is 2.25. The van der Waals surface area contributed by atoms with Crippen LogP contribution in [0.5, 0.6) is 5.75 Å². The van der Waals surface area contributed by atoms with E-state index < -0.39 is 12.3 Å². The van der Waals surface area contributed by atoms with Crippen LogP contribution in [0.1, 0.15) is 0 Å². The van der Waals surface area contributed by atoms with Crippen molar-refractivity contribution in [2.45, 2.75) is 6.29 Å². The number of hydrogen-bond acceptors (Lipinski definition) is 5. The van der Waals surface area contributed by atoms with Crippen molar-refractivity contribution >= 4 is 11.7 Å². The molecule has 1 N–H and O–H groups in total. The second-order valence-corrected chi connectivity index (χ2v) is 3.46. The molecule has 0 aliphatic carbocycles. The normalized spacial score (nSPS) is 18.6. The zero-order chi connectivity index (χ0) is 12.3. The van der Waals surface area contributed by atoms with Crippen molar-refractivity contribution in [3.8, 4) is 5.75 Å². The number of benzene rings is 1. The maximum Gasteiger partial charge on any atom is 0.335 e. The number of cyclic esters (lactones) is 1. The predicted molar refractivity (Wildman–Crippen MR) is 61.6 cm³/mol. The summed E-state index contributed by atoms with van der Waals surface area (Å²) in [6.07, 6.45) is 0.711. The van der Waals surface area contributed by atoms with Gasteiger partial charge in [0.1, 0.15) is 5.75 Å². The Morgan fingerprint density at radius 3 is 2.53 bits per heavy atom. The van der Waals surface area contributed by atoms with Gasteiger partial charge >= 0.3 is 5.97 Å². The molecule has 5 nitrogen and oxygen atoms in total. The Kier molecular flexibility index (Phi) is 3.30. The number of methoxy groups -OCH3 is 2. The first-order valence-corrected chi connectivity index (χ1v) is 5.09. The van der Waals surface area contributed by atoms with Crippen LogP contribution in [0.25, 0.3) is 0 Å². The van der Waals surface area contributed by atoms with Crippen LogP contribution in [0, 0.1) is 0 Å². The molecule has 1 aromatic rings. The molecule has 0 amide bonds. The highest BCUT2D eigenvalue weighted by Crippen LogP contribution is 2.21. The van der Waals surface area contributed by atoms with Gasteiger partial charge in [-0.25, -0.2) is 4.79 Å². The third kappa shape index (κ3) is 2.57. The molecule has 0 radical (unpaired) electrons. The van der Waals surface area contributed by atoms with Gasteiger partial charge in [-0.2, -0.15) is 0 Å². The summed E-state index contributed by atoms with van der Waals surface area (Å²) < 4.78 is 15.0. The molecule has 0 saturated carbocycles. The Morgan fingerprint density at radius 2 is 1.94 bits per heavy atom. The van der Waals surface area contributed by atoms with Gasteiger partial charge in [0.05, 0.1) is 12.8 Å².